The number of rotatable bonds is 4. The van der Waals surface area contributed by atoms with Gasteiger partial charge in [-0.2, -0.15) is 0 Å². The predicted octanol–water partition coefficient (Wildman–Crippen LogP) is 3.02. The number of nitrogens with one attached hydrogen (secondary N) is 1. The largest absolute Gasteiger partial charge is 0.495 e. The Kier molecular flexibility index (Phi) is 4.82. The van der Waals surface area contributed by atoms with Crippen molar-refractivity contribution in [2.45, 2.75) is 13.8 Å². The quantitative estimate of drug-likeness (QED) is 0.937. The summed E-state index contributed by atoms with van der Waals surface area (Å²) < 4.78 is 10.4. The van der Waals surface area contributed by atoms with Gasteiger partial charge in [0, 0.05) is 18.3 Å². The van der Waals surface area contributed by atoms with Crippen molar-refractivity contribution in [1.82, 2.24) is 9.97 Å². The molecule has 1 aromatic carbocycles. The number of carbonyl (C=O) groups is 1. The van der Waals surface area contributed by atoms with E-state index < -0.39 is 0 Å². The maximum absolute atomic E-state index is 12.4. The molecule has 0 spiro atoms. The molecule has 2 aromatic rings. The zero-order valence-corrected chi connectivity index (χ0v) is 13.5. The van der Waals surface area contributed by atoms with E-state index in [0.29, 0.717) is 39.3 Å². The van der Waals surface area contributed by atoms with Crippen molar-refractivity contribution >= 4 is 23.2 Å². The Morgan fingerprint density at radius 1 is 1.18 bits per heavy atom. The summed E-state index contributed by atoms with van der Waals surface area (Å²) in [7, 11) is 2.99. The van der Waals surface area contributed by atoms with Crippen LogP contribution in [0.25, 0.3) is 0 Å². The molecule has 116 valence electrons. The smallest absolute Gasteiger partial charge is 0.259 e. The molecule has 0 saturated carbocycles. The van der Waals surface area contributed by atoms with Crippen molar-refractivity contribution in [3.8, 4) is 11.5 Å². The van der Waals surface area contributed by atoms with Crippen molar-refractivity contribution in [3.05, 3.63) is 40.4 Å². The summed E-state index contributed by atoms with van der Waals surface area (Å²) in [5.41, 5.74) is 1.44. The molecular weight excluding hydrogens is 306 g/mol. The molecule has 22 heavy (non-hydrogen) atoms. The molecule has 0 aliphatic heterocycles. The number of halogens is 1. The molecule has 6 nitrogen and oxygen atoms in total. The Labute approximate surface area is 133 Å². The van der Waals surface area contributed by atoms with Gasteiger partial charge in [0.2, 0.25) is 0 Å². The molecule has 7 heteroatoms. The minimum Gasteiger partial charge on any atom is -0.495 e. The van der Waals surface area contributed by atoms with Crippen molar-refractivity contribution < 1.29 is 14.3 Å². The summed E-state index contributed by atoms with van der Waals surface area (Å²) in [5.74, 6) is 1.15. The molecule has 1 heterocycles. The fourth-order valence-corrected chi connectivity index (χ4v) is 2.18. The predicted molar refractivity (Wildman–Crippen MR) is 84.0 cm³/mol. The van der Waals surface area contributed by atoms with E-state index in [-0.39, 0.29) is 5.91 Å². The summed E-state index contributed by atoms with van der Waals surface area (Å²) in [5, 5.41) is 3.15. The number of anilines is 1. The summed E-state index contributed by atoms with van der Waals surface area (Å²) in [6, 6.07) is 3.18. The van der Waals surface area contributed by atoms with Crippen LogP contribution in [0.4, 0.5) is 5.69 Å². The number of nitrogens with zero attached hydrogens (tertiary/aromatic N) is 2. The van der Waals surface area contributed by atoms with Gasteiger partial charge >= 0.3 is 0 Å². The van der Waals surface area contributed by atoms with Gasteiger partial charge in [-0.15, -0.1) is 0 Å². The van der Waals surface area contributed by atoms with Crippen LogP contribution in [0.2, 0.25) is 5.02 Å². The molecule has 1 aromatic heterocycles. The summed E-state index contributed by atoms with van der Waals surface area (Å²) in [6.07, 6.45) is 1.49. The van der Waals surface area contributed by atoms with Crippen LogP contribution in [0.1, 0.15) is 21.9 Å². The molecule has 1 amide bonds. The van der Waals surface area contributed by atoms with E-state index in [1.165, 1.54) is 20.4 Å². The fourth-order valence-electron chi connectivity index (χ4n) is 1.95. The summed E-state index contributed by atoms with van der Waals surface area (Å²) in [6.45, 7) is 3.52. The van der Waals surface area contributed by atoms with Crippen molar-refractivity contribution in [1.29, 1.82) is 0 Å². The highest BCUT2D eigenvalue weighted by atomic mass is 35.5. The second kappa shape index (κ2) is 6.62. The standard InChI is InChI=1S/C15H16ClN3O3/c1-8-10(7-17-9(2)18-8)15(20)19-12-6-13(21-3)11(16)5-14(12)22-4/h5-7H,1-4H3,(H,19,20). The molecule has 0 saturated heterocycles. The number of methoxy groups -OCH3 is 2. The van der Waals surface area contributed by atoms with Crippen LogP contribution in [0, 0.1) is 13.8 Å². The highest BCUT2D eigenvalue weighted by Crippen LogP contribution is 2.36. The van der Waals surface area contributed by atoms with Crippen LogP contribution in [-0.4, -0.2) is 30.1 Å². The average molecular weight is 322 g/mol. The first-order chi connectivity index (χ1) is 10.5. The van der Waals surface area contributed by atoms with Crippen molar-refractivity contribution in [3.63, 3.8) is 0 Å². The molecule has 0 fully saturated rings. The number of amides is 1. The van der Waals surface area contributed by atoms with Gasteiger partial charge < -0.3 is 14.8 Å². The summed E-state index contributed by atoms with van der Waals surface area (Å²) >= 11 is 6.04. The van der Waals surface area contributed by atoms with Crippen LogP contribution >= 0.6 is 11.6 Å². The van der Waals surface area contributed by atoms with Crippen LogP contribution in [-0.2, 0) is 0 Å². The topological polar surface area (TPSA) is 73.3 Å². The Balaban J connectivity index is 2.35. The molecule has 0 unspecified atom stereocenters. The number of aromatic nitrogens is 2. The highest BCUT2D eigenvalue weighted by Gasteiger charge is 2.16. The SMILES string of the molecule is COc1cc(NC(=O)c2cnc(C)nc2C)c(OC)cc1Cl. The van der Waals surface area contributed by atoms with E-state index >= 15 is 0 Å². The van der Waals surface area contributed by atoms with Gasteiger partial charge in [0.1, 0.15) is 17.3 Å². The third kappa shape index (κ3) is 3.28. The first kappa shape index (κ1) is 16.0. The number of hydrogen-bond acceptors (Lipinski definition) is 5. The van der Waals surface area contributed by atoms with Crippen molar-refractivity contribution in [2.75, 3.05) is 19.5 Å². The Hall–Kier alpha value is -2.34. The normalized spacial score (nSPS) is 10.2. The van der Waals surface area contributed by atoms with Crippen LogP contribution < -0.4 is 14.8 Å². The highest BCUT2D eigenvalue weighted by molar-refractivity contribution is 6.32. The van der Waals surface area contributed by atoms with E-state index in [9.17, 15) is 4.79 Å². The first-order valence-corrected chi connectivity index (χ1v) is 6.87. The monoisotopic (exact) mass is 321 g/mol. The van der Waals surface area contributed by atoms with E-state index in [0.717, 1.165) is 0 Å². The number of aryl methyl sites for hydroxylation is 2. The molecule has 0 aliphatic carbocycles. The third-order valence-electron chi connectivity index (χ3n) is 3.07. The van der Waals surface area contributed by atoms with Crippen LogP contribution in [0.5, 0.6) is 11.5 Å². The van der Waals surface area contributed by atoms with E-state index in [2.05, 4.69) is 15.3 Å². The van der Waals surface area contributed by atoms with Gasteiger partial charge in [-0.3, -0.25) is 4.79 Å². The maximum atomic E-state index is 12.4. The molecule has 0 bridgehead atoms. The molecule has 2 rings (SSSR count). The Morgan fingerprint density at radius 3 is 2.45 bits per heavy atom. The van der Waals surface area contributed by atoms with Crippen LogP contribution in [0.3, 0.4) is 0 Å². The fraction of sp³-hybridized carbons (Fsp3) is 0.267. The maximum Gasteiger partial charge on any atom is 0.259 e. The number of ether oxygens (including phenoxy) is 2. The van der Waals surface area contributed by atoms with Gasteiger partial charge in [-0.05, 0) is 13.8 Å². The van der Waals surface area contributed by atoms with Gasteiger partial charge in [0.05, 0.1) is 36.2 Å². The molecule has 0 aliphatic rings. The number of carbonyl (C=O) groups excluding carboxylic acids is 1. The summed E-state index contributed by atoms with van der Waals surface area (Å²) in [4.78, 5) is 20.6. The number of benzene rings is 1. The van der Waals surface area contributed by atoms with E-state index in [1.54, 1.807) is 26.0 Å². The average Bonchev–Trinajstić information content (AvgIpc) is 2.48. The van der Waals surface area contributed by atoms with E-state index in [4.69, 9.17) is 21.1 Å². The minimum absolute atomic E-state index is 0.333. The lowest BCUT2D eigenvalue weighted by Crippen LogP contribution is -2.15. The molecule has 1 N–H and O–H groups in total. The zero-order chi connectivity index (χ0) is 16.3. The molecule has 0 atom stereocenters. The van der Waals surface area contributed by atoms with Gasteiger partial charge in [-0.1, -0.05) is 11.6 Å². The Bertz CT molecular complexity index is 719. The van der Waals surface area contributed by atoms with E-state index in [1.807, 2.05) is 0 Å². The zero-order valence-electron chi connectivity index (χ0n) is 12.7. The number of hydrogen-bond donors (Lipinski definition) is 1. The lowest BCUT2D eigenvalue weighted by molar-refractivity contribution is 0.102. The van der Waals surface area contributed by atoms with Gasteiger partial charge in [-0.25, -0.2) is 9.97 Å². The first-order valence-electron chi connectivity index (χ1n) is 6.49. The van der Waals surface area contributed by atoms with Gasteiger partial charge in [0.25, 0.3) is 5.91 Å². The lowest BCUT2D eigenvalue weighted by Gasteiger charge is -2.13. The van der Waals surface area contributed by atoms with Crippen molar-refractivity contribution in [2.24, 2.45) is 0 Å². The van der Waals surface area contributed by atoms with Crippen LogP contribution in [0.15, 0.2) is 18.3 Å². The second-order valence-corrected chi connectivity index (χ2v) is 4.96. The minimum atomic E-state index is -0.333. The molecule has 0 radical (unpaired) electrons. The Morgan fingerprint density at radius 2 is 1.86 bits per heavy atom. The van der Waals surface area contributed by atoms with Gasteiger partial charge in [0.15, 0.2) is 0 Å². The third-order valence-corrected chi connectivity index (χ3v) is 3.36. The molecular formula is C15H16ClN3O3. The lowest BCUT2D eigenvalue weighted by atomic mass is 10.2. The second-order valence-electron chi connectivity index (χ2n) is 4.56.